The number of aromatic nitrogens is 3. The Morgan fingerprint density at radius 3 is 0.881 bits per heavy atom. The van der Waals surface area contributed by atoms with E-state index in [-0.39, 0.29) is 0 Å². The standard InChI is InChI=1S/C39H27N3/c1-4-12-28(13-5-1)33-18-10-20-35(26-33)36-21-11-19-34(27-36)29-22-24-32(25-23-29)39-41-37(30-14-6-2-7-15-30)40-38(42-39)31-16-8-3-9-17-31/h1-27H. The van der Waals surface area contributed by atoms with Crippen molar-refractivity contribution in [1.82, 2.24) is 15.0 Å². The molecule has 1 heterocycles. The van der Waals surface area contributed by atoms with Crippen molar-refractivity contribution >= 4 is 0 Å². The molecule has 42 heavy (non-hydrogen) atoms. The van der Waals surface area contributed by atoms with Gasteiger partial charge in [0.05, 0.1) is 0 Å². The minimum Gasteiger partial charge on any atom is -0.208 e. The van der Waals surface area contributed by atoms with Crippen LogP contribution in [-0.4, -0.2) is 15.0 Å². The summed E-state index contributed by atoms with van der Waals surface area (Å²) >= 11 is 0. The van der Waals surface area contributed by atoms with Crippen LogP contribution in [-0.2, 0) is 0 Å². The first-order valence-electron chi connectivity index (χ1n) is 14.0. The maximum atomic E-state index is 4.87. The van der Waals surface area contributed by atoms with Crippen molar-refractivity contribution in [1.29, 1.82) is 0 Å². The monoisotopic (exact) mass is 537 g/mol. The highest BCUT2D eigenvalue weighted by molar-refractivity contribution is 5.78. The van der Waals surface area contributed by atoms with Gasteiger partial charge < -0.3 is 0 Å². The SMILES string of the molecule is c1ccc(-c2cccc(-c3cccc(-c4ccc(-c5nc(-c6ccccc6)nc(-c6ccccc6)n5)cc4)c3)c2)cc1. The molecule has 7 aromatic rings. The van der Waals surface area contributed by atoms with Gasteiger partial charge in [-0.3, -0.25) is 0 Å². The van der Waals surface area contributed by atoms with E-state index in [1.807, 2.05) is 66.7 Å². The Bertz CT molecular complexity index is 1890. The fourth-order valence-electron chi connectivity index (χ4n) is 5.14. The van der Waals surface area contributed by atoms with Gasteiger partial charge in [0.1, 0.15) is 0 Å². The summed E-state index contributed by atoms with van der Waals surface area (Å²) in [5.74, 6) is 1.98. The number of benzene rings is 6. The van der Waals surface area contributed by atoms with Crippen LogP contribution in [0.2, 0.25) is 0 Å². The van der Waals surface area contributed by atoms with E-state index in [1.165, 1.54) is 22.3 Å². The van der Waals surface area contributed by atoms with E-state index in [9.17, 15) is 0 Å². The molecule has 0 N–H and O–H groups in total. The lowest BCUT2D eigenvalue weighted by Gasteiger charge is -2.10. The van der Waals surface area contributed by atoms with E-state index in [2.05, 4.69) is 97.1 Å². The second-order valence-corrected chi connectivity index (χ2v) is 10.1. The zero-order chi connectivity index (χ0) is 28.1. The van der Waals surface area contributed by atoms with Crippen LogP contribution in [0.25, 0.3) is 67.5 Å². The second kappa shape index (κ2) is 11.4. The summed E-state index contributed by atoms with van der Waals surface area (Å²) in [6.07, 6.45) is 0. The molecule has 0 spiro atoms. The van der Waals surface area contributed by atoms with E-state index in [1.54, 1.807) is 0 Å². The molecule has 0 saturated heterocycles. The minimum absolute atomic E-state index is 0.653. The van der Waals surface area contributed by atoms with Gasteiger partial charge in [-0.05, 0) is 45.5 Å². The van der Waals surface area contributed by atoms with Crippen molar-refractivity contribution in [2.24, 2.45) is 0 Å². The van der Waals surface area contributed by atoms with Crippen molar-refractivity contribution in [2.45, 2.75) is 0 Å². The molecule has 3 nitrogen and oxygen atoms in total. The normalized spacial score (nSPS) is 10.9. The lowest BCUT2D eigenvalue weighted by molar-refractivity contribution is 1.07. The third-order valence-electron chi connectivity index (χ3n) is 7.34. The number of rotatable bonds is 6. The predicted octanol–water partition coefficient (Wildman–Crippen LogP) is 9.87. The molecule has 0 aliphatic carbocycles. The Morgan fingerprint density at radius 1 is 0.214 bits per heavy atom. The van der Waals surface area contributed by atoms with E-state index in [4.69, 9.17) is 15.0 Å². The average Bonchev–Trinajstić information content (AvgIpc) is 3.09. The highest BCUT2D eigenvalue weighted by Crippen LogP contribution is 2.31. The molecule has 0 aliphatic rings. The Balaban J connectivity index is 1.22. The Morgan fingerprint density at radius 2 is 0.476 bits per heavy atom. The molecule has 0 bridgehead atoms. The molecule has 1 aromatic heterocycles. The molecule has 6 aromatic carbocycles. The summed E-state index contributed by atoms with van der Waals surface area (Å²) in [5.41, 5.74) is 9.98. The van der Waals surface area contributed by atoms with Crippen molar-refractivity contribution < 1.29 is 0 Å². The third kappa shape index (κ3) is 5.36. The van der Waals surface area contributed by atoms with Gasteiger partial charge in [-0.2, -0.15) is 0 Å². The highest BCUT2D eigenvalue weighted by Gasteiger charge is 2.12. The quantitative estimate of drug-likeness (QED) is 0.212. The van der Waals surface area contributed by atoms with E-state index >= 15 is 0 Å². The van der Waals surface area contributed by atoms with Crippen molar-refractivity contribution in [2.75, 3.05) is 0 Å². The Hall–Kier alpha value is -5.67. The lowest BCUT2D eigenvalue weighted by Crippen LogP contribution is -2.00. The molecule has 0 unspecified atom stereocenters. The van der Waals surface area contributed by atoms with Crippen LogP contribution < -0.4 is 0 Å². The Kier molecular flexibility index (Phi) is 6.89. The molecular formula is C39H27N3. The van der Waals surface area contributed by atoms with Gasteiger partial charge in [-0.1, -0.05) is 152 Å². The predicted molar refractivity (Wildman–Crippen MR) is 172 cm³/mol. The summed E-state index contributed by atoms with van der Waals surface area (Å²) in [5, 5.41) is 0. The summed E-state index contributed by atoms with van der Waals surface area (Å²) in [4.78, 5) is 14.5. The van der Waals surface area contributed by atoms with Crippen LogP contribution in [0, 0.1) is 0 Å². The van der Waals surface area contributed by atoms with Gasteiger partial charge in [0.25, 0.3) is 0 Å². The average molecular weight is 538 g/mol. The molecule has 0 aliphatic heterocycles. The molecular weight excluding hydrogens is 510 g/mol. The van der Waals surface area contributed by atoms with Crippen molar-refractivity contribution in [3.8, 4) is 67.5 Å². The van der Waals surface area contributed by atoms with Crippen LogP contribution >= 0.6 is 0 Å². The van der Waals surface area contributed by atoms with Gasteiger partial charge in [-0.15, -0.1) is 0 Å². The molecule has 0 amide bonds. The molecule has 7 rings (SSSR count). The fourth-order valence-corrected chi connectivity index (χ4v) is 5.14. The number of hydrogen-bond donors (Lipinski definition) is 0. The largest absolute Gasteiger partial charge is 0.208 e. The first-order valence-corrected chi connectivity index (χ1v) is 14.0. The Labute approximate surface area is 245 Å². The highest BCUT2D eigenvalue weighted by atomic mass is 15.0. The fraction of sp³-hybridized carbons (Fsp3) is 0. The molecule has 198 valence electrons. The first kappa shape index (κ1) is 25.3. The molecule has 0 atom stereocenters. The molecule has 0 saturated carbocycles. The van der Waals surface area contributed by atoms with Crippen LogP contribution in [0.4, 0.5) is 0 Å². The van der Waals surface area contributed by atoms with Gasteiger partial charge in [-0.25, -0.2) is 15.0 Å². The maximum absolute atomic E-state index is 4.87. The van der Waals surface area contributed by atoms with Crippen molar-refractivity contribution in [3.63, 3.8) is 0 Å². The number of nitrogens with zero attached hydrogens (tertiary/aromatic N) is 3. The topological polar surface area (TPSA) is 38.7 Å². The summed E-state index contributed by atoms with van der Waals surface area (Å²) in [7, 11) is 0. The van der Waals surface area contributed by atoms with Crippen LogP contribution in [0.5, 0.6) is 0 Å². The summed E-state index contributed by atoms with van der Waals surface area (Å²) in [6, 6.07) is 56.5. The van der Waals surface area contributed by atoms with Gasteiger partial charge in [0.2, 0.25) is 0 Å². The molecule has 3 heteroatoms. The van der Waals surface area contributed by atoms with Gasteiger partial charge in [0, 0.05) is 16.7 Å². The van der Waals surface area contributed by atoms with Crippen LogP contribution in [0.3, 0.4) is 0 Å². The maximum Gasteiger partial charge on any atom is 0.164 e. The molecule has 0 fully saturated rings. The van der Waals surface area contributed by atoms with E-state index in [0.29, 0.717) is 17.5 Å². The summed E-state index contributed by atoms with van der Waals surface area (Å²) in [6.45, 7) is 0. The van der Waals surface area contributed by atoms with Crippen LogP contribution in [0.15, 0.2) is 164 Å². The molecule has 0 radical (unpaired) electrons. The van der Waals surface area contributed by atoms with Crippen molar-refractivity contribution in [3.05, 3.63) is 164 Å². The zero-order valence-electron chi connectivity index (χ0n) is 22.9. The van der Waals surface area contributed by atoms with E-state index in [0.717, 1.165) is 27.8 Å². The minimum atomic E-state index is 0.653. The van der Waals surface area contributed by atoms with Gasteiger partial charge >= 0.3 is 0 Å². The lowest BCUT2D eigenvalue weighted by atomic mass is 9.96. The van der Waals surface area contributed by atoms with Gasteiger partial charge in [0.15, 0.2) is 17.5 Å². The van der Waals surface area contributed by atoms with E-state index < -0.39 is 0 Å². The first-order chi connectivity index (χ1) is 20.8. The summed E-state index contributed by atoms with van der Waals surface area (Å²) < 4.78 is 0. The number of hydrogen-bond acceptors (Lipinski definition) is 3. The third-order valence-corrected chi connectivity index (χ3v) is 7.34. The second-order valence-electron chi connectivity index (χ2n) is 10.1. The zero-order valence-corrected chi connectivity index (χ0v) is 22.9. The van der Waals surface area contributed by atoms with Crippen LogP contribution in [0.1, 0.15) is 0 Å². The smallest absolute Gasteiger partial charge is 0.164 e.